The summed E-state index contributed by atoms with van der Waals surface area (Å²) in [5, 5.41) is 12.3. The largest absolute Gasteiger partial charge is 0.481 e. The zero-order chi connectivity index (χ0) is 22.8. The van der Waals surface area contributed by atoms with Crippen LogP contribution in [0, 0.1) is 16.7 Å². The summed E-state index contributed by atoms with van der Waals surface area (Å²) in [6.45, 7) is 1.26. The SMILES string of the molecule is O=C(NCC1(C(=O)N2CC3CC3(C(=O)O)C2)CC1)OCC1c2ccccc2-c2ccccc21. The van der Waals surface area contributed by atoms with E-state index in [0.29, 0.717) is 32.4 Å². The first kappa shape index (κ1) is 20.3. The molecule has 2 aromatic carbocycles. The summed E-state index contributed by atoms with van der Waals surface area (Å²) >= 11 is 0. The fourth-order valence-corrected chi connectivity index (χ4v) is 5.81. The van der Waals surface area contributed by atoms with Crippen LogP contribution in [0.4, 0.5) is 4.79 Å². The van der Waals surface area contributed by atoms with Crippen molar-refractivity contribution in [2.75, 3.05) is 26.2 Å². The Morgan fingerprint density at radius 2 is 1.67 bits per heavy atom. The van der Waals surface area contributed by atoms with Gasteiger partial charge >= 0.3 is 12.1 Å². The van der Waals surface area contributed by atoms with Gasteiger partial charge in [0.1, 0.15) is 6.61 Å². The van der Waals surface area contributed by atoms with Gasteiger partial charge in [-0.25, -0.2) is 4.79 Å². The standard InChI is InChI=1S/C26H26N2O5/c29-22(28-12-16-11-26(16,15-28)23(30)31)25(9-10-25)14-27-24(32)33-13-21-19-7-3-1-5-17(19)18-6-2-4-8-20(18)21/h1-8,16,21H,9-15H2,(H,27,32)(H,30,31). The fraction of sp³-hybridized carbons (Fsp3) is 0.423. The molecule has 0 spiro atoms. The first-order valence-corrected chi connectivity index (χ1v) is 11.6. The summed E-state index contributed by atoms with van der Waals surface area (Å²) in [5.74, 6) is -0.772. The van der Waals surface area contributed by atoms with Crippen molar-refractivity contribution < 1.29 is 24.2 Å². The van der Waals surface area contributed by atoms with E-state index < -0.39 is 22.9 Å². The molecule has 7 nitrogen and oxygen atoms in total. The van der Waals surface area contributed by atoms with Crippen molar-refractivity contribution in [3.63, 3.8) is 0 Å². The van der Waals surface area contributed by atoms with Gasteiger partial charge in [0, 0.05) is 25.6 Å². The number of likely N-dealkylation sites (tertiary alicyclic amines) is 1. The van der Waals surface area contributed by atoms with Crippen LogP contribution in [-0.2, 0) is 14.3 Å². The van der Waals surface area contributed by atoms with Crippen molar-refractivity contribution in [1.82, 2.24) is 10.2 Å². The highest BCUT2D eigenvalue weighted by Crippen LogP contribution is 2.59. The van der Waals surface area contributed by atoms with Crippen LogP contribution >= 0.6 is 0 Å². The van der Waals surface area contributed by atoms with Gasteiger partial charge in [0.05, 0.1) is 10.8 Å². The summed E-state index contributed by atoms with van der Waals surface area (Å²) in [6, 6.07) is 16.3. The van der Waals surface area contributed by atoms with Gasteiger partial charge in [0.2, 0.25) is 5.91 Å². The number of rotatable bonds is 6. The quantitative estimate of drug-likeness (QED) is 0.710. The molecular formula is C26H26N2O5. The summed E-state index contributed by atoms with van der Waals surface area (Å²) in [5.41, 5.74) is 3.31. The van der Waals surface area contributed by atoms with Crippen molar-refractivity contribution in [3.8, 4) is 11.1 Å². The number of fused-ring (bicyclic) bond motifs is 4. The van der Waals surface area contributed by atoms with Gasteiger partial charge in [-0.05, 0) is 47.4 Å². The molecule has 0 aromatic heterocycles. The topological polar surface area (TPSA) is 95.9 Å². The van der Waals surface area contributed by atoms with E-state index in [1.807, 2.05) is 24.3 Å². The lowest BCUT2D eigenvalue weighted by atomic mass is 9.98. The zero-order valence-electron chi connectivity index (χ0n) is 18.3. The number of hydrogen-bond donors (Lipinski definition) is 2. The number of carbonyl (C=O) groups is 3. The lowest BCUT2D eigenvalue weighted by Crippen LogP contribution is -2.44. The van der Waals surface area contributed by atoms with Crippen LogP contribution in [0.15, 0.2) is 48.5 Å². The first-order chi connectivity index (χ1) is 15.9. The van der Waals surface area contributed by atoms with Crippen molar-refractivity contribution in [1.29, 1.82) is 0 Å². The van der Waals surface area contributed by atoms with Gasteiger partial charge < -0.3 is 20.1 Å². The number of ether oxygens (including phenoxy) is 1. The minimum absolute atomic E-state index is 0.0109. The van der Waals surface area contributed by atoms with Crippen LogP contribution in [0.25, 0.3) is 11.1 Å². The molecule has 1 aliphatic heterocycles. The molecule has 0 radical (unpaired) electrons. The molecule has 2 aromatic rings. The number of carbonyl (C=O) groups excluding carboxylic acids is 2. The van der Waals surface area contributed by atoms with Crippen molar-refractivity contribution in [2.45, 2.75) is 25.2 Å². The van der Waals surface area contributed by atoms with Gasteiger partial charge in [0.15, 0.2) is 0 Å². The second-order valence-corrected chi connectivity index (χ2v) is 10.0. The van der Waals surface area contributed by atoms with Crippen LogP contribution in [0.3, 0.4) is 0 Å². The Balaban J connectivity index is 1.06. The molecule has 0 bridgehead atoms. The van der Waals surface area contributed by atoms with E-state index in [1.165, 1.54) is 11.1 Å². The molecular weight excluding hydrogens is 420 g/mol. The molecule has 170 valence electrons. The van der Waals surface area contributed by atoms with E-state index >= 15 is 0 Å². The molecule has 4 aliphatic rings. The number of carboxylic acids is 1. The Labute approximate surface area is 191 Å². The molecule has 33 heavy (non-hydrogen) atoms. The van der Waals surface area contributed by atoms with Crippen molar-refractivity contribution >= 4 is 18.0 Å². The maximum atomic E-state index is 13.1. The average Bonchev–Trinajstić information content (AvgIpc) is 3.71. The van der Waals surface area contributed by atoms with Crippen LogP contribution < -0.4 is 5.32 Å². The Morgan fingerprint density at radius 1 is 1.03 bits per heavy atom. The second-order valence-electron chi connectivity index (χ2n) is 10.0. The highest BCUT2D eigenvalue weighted by atomic mass is 16.5. The molecule has 1 saturated heterocycles. The van der Waals surface area contributed by atoms with Crippen LogP contribution in [-0.4, -0.2) is 54.2 Å². The molecule has 2 unspecified atom stereocenters. The molecule has 2 amide bonds. The molecule has 3 fully saturated rings. The average molecular weight is 447 g/mol. The number of nitrogens with zero attached hydrogens (tertiary/aromatic N) is 1. The lowest BCUT2D eigenvalue weighted by molar-refractivity contribution is -0.144. The molecule has 2 atom stereocenters. The number of benzene rings is 2. The Kier molecular flexibility index (Phi) is 4.34. The summed E-state index contributed by atoms with van der Waals surface area (Å²) in [6.07, 6.45) is 1.55. The van der Waals surface area contributed by atoms with Gasteiger partial charge in [-0.15, -0.1) is 0 Å². The van der Waals surface area contributed by atoms with E-state index in [9.17, 15) is 19.5 Å². The van der Waals surface area contributed by atoms with Crippen LogP contribution in [0.2, 0.25) is 0 Å². The first-order valence-electron chi connectivity index (χ1n) is 11.6. The van der Waals surface area contributed by atoms with Gasteiger partial charge in [-0.2, -0.15) is 0 Å². The minimum Gasteiger partial charge on any atom is -0.481 e. The molecule has 3 aliphatic carbocycles. The van der Waals surface area contributed by atoms with E-state index in [4.69, 9.17) is 4.74 Å². The Hall–Kier alpha value is -3.35. The predicted molar refractivity (Wildman–Crippen MR) is 119 cm³/mol. The monoisotopic (exact) mass is 446 g/mol. The van der Waals surface area contributed by atoms with Gasteiger partial charge in [-0.3, -0.25) is 9.59 Å². The molecule has 2 N–H and O–H groups in total. The highest BCUT2D eigenvalue weighted by molar-refractivity contribution is 5.89. The predicted octanol–water partition coefficient (Wildman–Crippen LogP) is 3.24. The normalized spacial score (nSPS) is 25.6. The van der Waals surface area contributed by atoms with Gasteiger partial charge in [0.25, 0.3) is 0 Å². The highest BCUT2D eigenvalue weighted by Gasteiger charge is 2.67. The minimum atomic E-state index is -0.801. The maximum absolute atomic E-state index is 13.1. The number of hydrogen-bond acceptors (Lipinski definition) is 4. The molecule has 6 rings (SSSR count). The summed E-state index contributed by atoms with van der Waals surface area (Å²) in [4.78, 5) is 38.8. The number of piperidine rings is 1. The Bertz CT molecular complexity index is 1130. The molecule has 2 saturated carbocycles. The van der Waals surface area contributed by atoms with E-state index in [1.54, 1.807) is 4.90 Å². The lowest BCUT2D eigenvalue weighted by Gasteiger charge is -2.25. The third-order valence-corrected chi connectivity index (χ3v) is 8.08. The van der Waals surface area contributed by atoms with Gasteiger partial charge in [-0.1, -0.05) is 48.5 Å². The van der Waals surface area contributed by atoms with Crippen molar-refractivity contribution in [2.24, 2.45) is 16.7 Å². The van der Waals surface area contributed by atoms with Crippen LogP contribution in [0.1, 0.15) is 36.3 Å². The number of nitrogens with one attached hydrogen (secondary N) is 1. The number of amides is 2. The number of carboxylic acid groups (broad SMARTS) is 1. The molecule has 7 heteroatoms. The fourth-order valence-electron chi connectivity index (χ4n) is 5.81. The second kappa shape index (κ2) is 7.07. The van der Waals surface area contributed by atoms with Crippen LogP contribution in [0.5, 0.6) is 0 Å². The van der Waals surface area contributed by atoms with Crippen molar-refractivity contribution in [3.05, 3.63) is 59.7 Å². The number of alkyl carbamates (subject to hydrolysis) is 1. The summed E-state index contributed by atoms with van der Waals surface area (Å²) in [7, 11) is 0. The zero-order valence-corrected chi connectivity index (χ0v) is 18.3. The van der Waals surface area contributed by atoms with E-state index in [-0.39, 0.29) is 30.9 Å². The summed E-state index contributed by atoms with van der Waals surface area (Å²) < 4.78 is 5.59. The maximum Gasteiger partial charge on any atom is 0.407 e. The smallest absolute Gasteiger partial charge is 0.407 e. The third-order valence-electron chi connectivity index (χ3n) is 8.08. The Morgan fingerprint density at radius 3 is 2.24 bits per heavy atom. The van der Waals surface area contributed by atoms with E-state index in [2.05, 4.69) is 29.6 Å². The van der Waals surface area contributed by atoms with E-state index in [0.717, 1.165) is 11.1 Å². The number of aliphatic carboxylic acids is 1. The molecule has 1 heterocycles. The third kappa shape index (κ3) is 3.13.